The standard InChI is InChI=1S/C23H23NO/c25-19-22-11-13-23(14-12-22)24(17-15-20-7-3-1-4-8-20)18-16-21-9-5-2-6-10-21/h1-14,19H,15-18H2. The summed E-state index contributed by atoms with van der Waals surface area (Å²) in [6.07, 6.45) is 2.90. The number of benzene rings is 3. The first kappa shape index (κ1) is 17.0. The second-order valence-corrected chi connectivity index (χ2v) is 6.17. The van der Waals surface area contributed by atoms with Gasteiger partial charge in [-0.25, -0.2) is 0 Å². The molecule has 2 nitrogen and oxygen atoms in total. The number of carbonyl (C=O) groups is 1. The minimum absolute atomic E-state index is 0.717. The Hall–Kier alpha value is -2.87. The van der Waals surface area contributed by atoms with E-state index in [1.54, 1.807) is 0 Å². The van der Waals surface area contributed by atoms with Crippen LogP contribution in [0.4, 0.5) is 5.69 Å². The number of nitrogens with zero attached hydrogens (tertiary/aromatic N) is 1. The van der Waals surface area contributed by atoms with Gasteiger partial charge in [-0.05, 0) is 48.2 Å². The van der Waals surface area contributed by atoms with E-state index in [1.807, 2.05) is 24.3 Å². The van der Waals surface area contributed by atoms with E-state index in [-0.39, 0.29) is 0 Å². The van der Waals surface area contributed by atoms with Gasteiger partial charge in [0.1, 0.15) is 6.29 Å². The van der Waals surface area contributed by atoms with Crippen molar-refractivity contribution in [3.63, 3.8) is 0 Å². The number of rotatable bonds is 8. The average molecular weight is 329 g/mol. The highest BCUT2D eigenvalue weighted by Gasteiger charge is 2.07. The van der Waals surface area contributed by atoms with Crippen molar-refractivity contribution in [1.29, 1.82) is 0 Å². The average Bonchev–Trinajstić information content (AvgIpc) is 2.70. The second kappa shape index (κ2) is 8.84. The van der Waals surface area contributed by atoms with Gasteiger partial charge in [0.05, 0.1) is 0 Å². The van der Waals surface area contributed by atoms with Gasteiger partial charge in [0, 0.05) is 24.3 Å². The lowest BCUT2D eigenvalue weighted by molar-refractivity contribution is 0.112. The Kier molecular flexibility index (Phi) is 6.00. The Balaban J connectivity index is 1.71. The van der Waals surface area contributed by atoms with Crippen molar-refractivity contribution in [2.75, 3.05) is 18.0 Å². The fourth-order valence-electron chi connectivity index (χ4n) is 2.95. The normalized spacial score (nSPS) is 10.4. The summed E-state index contributed by atoms with van der Waals surface area (Å²) in [6, 6.07) is 29.0. The Bertz CT molecular complexity index is 723. The molecule has 3 aromatic carbocycles. The van der Waals surface area contributed by atoms with Crippen molar-refractivity contribution in [2.24, 2.45) is 0 Å². The predicted molar refractivity (Wildman–Crippen MR) is 104 cm³/mol. The zero-order valence-electron chi connectivity index (χ0n) is 14.3. The van der Waals surface area contributed by atoms with Gasteiger partial charge in [0.2, 0.25) is 0 Å². The Morgan fingerprint density at radius 3 is 1.56 bits per heavy atom. The summed E-state index contributed by atoms with van der Waals surface area (Å²) < 4.78 is 0. The number of hydrogen-bond donors (Lipinski definition) is 0. The second-order valence-electron chi connectivity index (χ2n) is 6.17. The van der Waals surface area contributed by atoms with Crippen molar-refractivity contribution in [3.8, 4) is 0 Å². The van der Waals surface area contributed by atoms with Gasteiger partial charge >= 0.3 is 0 Å². The Morgan fingerprint density at radius 2 is 1.12 bits per heavy atom. The van der Waals surface area contributed by atoms with Crippen LogP contribution in [0.1, 0.15) is 21.5 Å². The van der Waals surface area contributed by atoms with E-state index in [4.69, 9.17) is 0 Å². The van der Waals surface area contributed by atoms with Gasteiger partial charge < -0.3 is 4.90 Å². The van der Waals surface area contributed by atoms with E-state index in [1.165, 1.54) is 11.1 Å². The monoisotopic (exact) mass is 329 g/mol. The summed E-state index contributed by atoms with van der Waals surface area (Å²) in [4.78, 5) is 13.3. The molecule has 0 heterocycles. The van der Waals surface area contributed by atoms with Crippen LogP contribution in [-0.4, -0.2) is 19.4 Å². The molecule has 0 radical (unpaired) electrons. The Morgan fingerprint density at radius 1 is 0.640 bits per heavy atom. The van der Waals surface area contributed by atoms with Crippen LogP contribution < -0.4 is 4.90 Å². The molecule has 25 heavy (non-hydrogen) atoms. The molecule has 0 atom stereocenters. The number of carbonyl (C=O) groups excluding carboxylic acids is 1. The third-order valence-corrected chi connectivity index (χ3v) is 4.42. The molecule has 0 amide bonds. The highest BCUT2D eigenvalue weighted by atomic mass is 16.1. The van der Waals surface area contributed by atoms with Crippen molar-refractivity contribution < 1.29 is 4.79 Å². The van der Waals surface area contributed by atoms with Crippen molar-refractivity contribution in [1.82, 2.24) is 0 Å². The minimum atomic E-state index is 0.717. The van der Waals surface area contributed by atoms with Crippen LogP contribution in [0.5, 0.6) is 0 Å². The molecule has 126 valence electrons. The highest BCUT2D eigenvalue weighted by Crippen LogP contribution is 2.17. The third kappa shape index (κ3) is 5.05. The maximum Gasteiger partial charge on any atom is 0.150 e. The molecule has 0 spiro atoms. The first-order valence-corrected chi connectivity index (χ1v) is 8.73. The van der Waals surface area contributed by atoms with Crippen LogP contribution in [-0.2, 0) is 12.8 Å². The molecule has 2 heteroatoms. The molecule has 0 aliphatic heterocycles. The summed E-state index contributed by atoms with van der Waals surface area (Å²) in [5.74, 6) is 0. The summed E-state index contributed by atoms with van der Waals surface area (Å²) in [7, 11) is 0. The number of anilines is 1. The molecule has 0 saturated heterocycles. The maximum atomic E-state index is 10.9. The fraction of sp³-hybridized carbons (Fsp3) is 0.174. The number of aldehydes is 1. The molecule has 3 rings (SSSR count). The minimum Gasteiger partial charge on any atom is -0.371 e. The largest absolute Gasteiger partial charge is 0.371 e. The van der Waals surface area contributed by atoms with Gasteiger partial charge in [0.15, 0.2) is 0 Å². The van der Waals surface area contributed by atoms with Crippen molar-refractivity contribution >= 4 is 12.0 Å². The lowest BCUT2D eigenvalue weighted by Crippen LogP contribution is -2.28. The van der Waals surface area contributed by atoms with Crippen molar-refractivity contribution in [3.05, 3.63) is 102 Å². The van der Waals surface area contributed by atoms with E-state index in [2.05, 4.69) is 65.6 Å². The Labute approximate surface area is 149 Å². The van der Waals surface area contributed by atoms with E-state index < -0.39 is 0 Å². The lowest BCUT2D eigenvalue weighted by Gasteiger charge is -2.25. The SMILES string of the molecule is O=Cc1ccc(N(CCc2ccccc2)CCc2ccccc2)cc1. The molecule has 0 unspecified atom stereocenters. The molecule has 0 N–H and O–H groups in total. The maximum absolute atomic E-state index is 10.9. The van der Waals surface area contributed by atoms with Crippen LogP contribution in [0.25, 0.3) is 0 Å². The van der Waals surface area contributed by atoms with Crippen LogP contribution >= 0.6 is 0 Å². The van der Waals surface area contributed by atoms with E-state index in [0.717, 1.165) is 43.5 Å². The van der Waals surface area contributed by atoms with Gasteiger partial charge in [-0.15, -0.1) is 0 Å². The van der Waals surface area contributed by atoms with Crippen LogP contribution in [0.3, 0.4) is 0 Å². The van der Waals surface area contributed by atoms with E-state index in [0.29, 0.717) is 0 Å². The van der Waals surface area contributed by atoms with E-state index in [9.17, 15) is 4.79 Å². The molecule has 0 fully saturated rings. The summed E-state index contributed by atoms with van der Waals surface area (Å²) in [6.45, 7) is 1.91. The smallest absolute Gasteiger partial charge is 0.150 e. The predicted octanol–water partition coefficient (Wildman–Crippen LogP) is 4.79. The topological polar surface area (TPSA) is 20.3 Å². The zero-order valence-corrected chi connectivity index (χ0v) is 14.3. The molecule has 3 aromatic rings. The van der Waals surface area contributed by atoms with Gasteiger partial charge in [-0.1, -0.05) is 60.7 Å². The molecule has 0 aliphatic carbocycles. The highest BCUT2D eigenvalue weighted by molar-refractivity contribution is 5.75. The molecule has 0 saturated carbocycles. The first-order valence-electron chi connectivity index (χ1n) is 8.73. The summed E-state index contributed by atoms with van der Waals surface area (Å²) >= 11 is 0. The molecular formula is C23H23NO. The van der Waals surface area contributed by atoms with Crippen LogP contribution in [0, 0.1) is 0 Å². The summed E-state index contributed by atoms with van der Waals surface area (Å²) in [5.41, 5.74) is 4.57. The first-order chi connectivity index (χ1) is 12.3. The summed E-state index contributed by atoms with van der Waals surface area (Å²) in [5, 5.41) is 0. The molecule has 0 bridgehead atoms. The van der Waals surface area contributed by atoms with Gasteiger partial charge in [-0.3, -0.25) is 4.79 Å². The van der Waals surface area contributed by atoms with Crippen LogP contribution in [0.2, 0.25) is 0 Å². The molecular weight excluding hydrogens is 306 g/mol. The molecule has 0 aliphatic rings. The number of hydrogen-bond acceptors (Lipinski definition) is 2. The lowest BCUT2D eigenvalue weighted by atomic mass is 10.1. The third-order valence-electron chi connectivity index (χ3n) is 4.42. The van der Waals surface area contributed by atoms with Crippen LogP contribution in [0.15, 0.2) is 84.9 Å². The zero-order chi connectivity index (χ0) is 17.3. The molecule has 0 aromatic heterocycles. The fourth-order valence-corrected chi connectivity index (χ4v) is 2.95. The van der Waals surface area contributed by atoms with E-state index >= 15 is 0 Å². The van der Waals surface area contributed by atoms with Crippen molar-refractivity contribution in [2.45, 2.75) is 12.8 Å². The quantitative estimate of drug-likeness (QED) is 0.554. The van der Waals surface area contributed by atoms with Gasteiger partial charge in [-0.2, -0.15) is 0 Å². The van der Waals surface area contributed by atoms with Gasteiger partial charge in [0.25, 0.3) is 0 Å².